The molecule has 0 aliphatic carbocycles. The third-order valence-corrected chi connectivity index (χ3v) is 7.32. The number of hydrogen-bond donors (Lipinski definition) is 1. The van der Waals surface area contributed by atoms with Gasteiger partial charge < -0.3 is 19.3 Å². The molecule has 1 atom stereocenters. The first-order valence-electron chi connectivity index (χ1n) is 12.7. The average Bonchev–Trinajstić information content (AvgIpc) is 3.50. The average molecular weight is 577 g/mol. The van der Waals surface area contributed by atoms with E-state index in [4.69, 9.17) is 14.2 Å². The fourth-order valence-electron chi connectivity index (χ4n) is 4.25. The van der Waals surface area contributed by atoms with E-state index in [0.29, 0.717) is 23.6 Å². The number of amides is 1. The van der Waals surface area contributed by atoms with E-state index in [0.717, 1.165) is 22.7 Å². The number of Topliss-reactive ketones (excluding diaryl/α,β-unsaturated/α-hetero) is 1. The number of ether oxygens (including phenoxy) is 3. The summed E-state index contributed by atoms with van der Waals surface area (Å²) in [6, 6.07) is 11.5. The van der Waals surface area contributed by atoms with E-state index in [2.05, 4.69) is 11.6 Å². The van der Waals surface area contributed by atoms with E-state index in [1.807, 2.05) is 6.92 Å². The van der Waals surface area contributed by atoms with Gasteiger partial charge in [-0.1, -0.05) is 55.2 Å². The zero-order valence-corrected chi connectivity index (χ0v) is 23.5. The Bertz CT molecular complexity index is 1540. The Morgan fingerprint density at radius 3 is 2.51 bits per heavy atom. The maximum Gasteiger partial charge on any atom is 0.350 e. The molecule has 10 nitrogen and oxygen atoms in total. The molecule has 1 amide bonds. The molecule has 1 fully saturated rings. The molecule has 41 heavy (non-hydrogen) atoms. The van der Waals surface area contributed by atoms with Gasteiger partial charge in [-0.25, -0.2) is 14.6 Å². The van der Waals surface area contributed by atoms with E-state index < -0.39 is 35.4 Å². The van der Waals surface area contributed by atoms with E-state index in [1.165, 1.54) is 25.3 Å². The summed E-state index contributed by atoms with van der Waals surface area (Å²) in [6.45, 7) is 7.52. The zero-order chi connectivity index (χ0) is 29.7. The largest absolute Gasteiger partial charge is 0.507 e. The van der Waals surface area contributed by atoms with Crippen LogP contribution in [0.3, 0.4) is 0 Å². The van der Waals surface area contributed by atoms with Crippen molar-refractivity contribution < 1.29 is 38.5 Å². The first kappa shape index (κ1) is 29.2. The molecule has 11 heteroatoms. The molecule has 1 aromatic heterocycles. The third-order valence-electron chi connectivity index (χ3n) is 6.18. The predicted molar refractivity (Wildman–Crippen MR) is 152 cm³/mol. The molecule has 0 bridgehead atoms. The Kier molecular flexibility index (Phi) is 8.98. The van der Waals surface area contributed by atoms with Gasteiger partial charge in [0.15, 0.2) is 5.13 Å². The lowest BCUT2D eigenvalue weighted by molar-refractivity contribution is -0.132. The number of methoxy groups -OCH3 is 1. The van der Waals surface area contributed by atoms with Crippen molar-refractivity contribution in [1.29, 1.82) is 0 Å². The molecule has 1 aliphatic heterocycles. The number of rotatable bonds is 10. The van der Waals surface area contributed by atoms with Gasteiger partial charge in [0.05, 0.1) is 36.6 Å². The zero-order valence-electron chi connectivity index (χ0n) is 22.7. The molecule has 3 aromatic rings. The smallest absolute Gasteiger partial charge is 0.350 e. The minimum absolute atomic E-state index is 0.0103. The number of hydrogen-bond acceptors (Lipinski definition) is 10. The lowest BCUT2D eigenvalue weighted by Crippen LogP contribution is -2.29. The van der Waals surface area contributed by atoms with Crippen molar-refractivity contribution in [3.05, 3.63) is 94.0 Å². The van der Waals surface area contributed by atoms with Crippen LogP contribution in [0.4, 0.5) is 5.13 Å². The highest BCUT2D eigenvalue weighted by molar-refractivity contribution is 7.17. The fourth-order valence-corrected chi connectivity index (χ4v) is 5.24. The summed E-state index contributed by atoms with van der Waals surface area (Å²) in [7, 11) is 1.26. The summed E-state index contributed by atoms with van der Waals surface area (Å²) in [5.74, 6) is -3.01. The summed E-state index contributed by atoms with van der Waals surface area (Å²) < 4.78 is 15.6. The lowest BCUT2D eigenvalue weighted by Gasteiger charge is -2.23. The number of carbonyl (C=O) groups excluding carboxylic acids is 4. The molecule has 1 unspecified atom stereocenters. The number of nitrogens with zero attached hydrogens (tertiary/aromatic N) is 2. The number of aliphatic hydroxyl groups excluding tert-OH is 1. The van der Waals surface area contributed by atoms with Gasteiger partial charge in [-0.05, 0) is 43.2 Å². The molecule has 2 aromatic carbocycles. The SMILES string of the molecule is C=CCOC(=O)c1sc(N2C(=O)C(=O)/C(=C(/O)c3cccc(OCCC)c3)C2c2ccc(C(=O)OC)cc2)nc1C. The van der Waals surface area contributed by atoms with Gasteiger partial charge in [0.1, 0.15) is 23.0 Å². The molecular formula is C30H28N2O8S. The quantitative estimate of drug-likeness (QED) is 0.116. The Hall–Kier alpha value is -4.77. The van der Waals surface area contributed by atoms with Gasteiger partial charge in [-0.2, -0.15) is 0 Å². The summed E-state index contributed by atoms with van der Waals surface area (Å²) in [5.41, 5.74) is 1.07. The molecule has 0 saturated carbocycles. The number of aryl methyl sites for hydroxylation is 1. The molecule has 212 valence electrons. The number of aliphatic hydroxyl groups is 1. The summed E-state index contributed by atoms with van der Waals surface area (Å²) in [6.07, 6.45) is 2.20. The van der Waals surface area contributed by atoms with E-state index in [-0.39, 0.29) is 33.3 Å². The third kappa shape index (κ3) is 5.90. The molecular weight excluding hydrogens is 548 g/mol. The van der Waals surface area contributed by atoms with Crippen molar-refractivity contribution in [2.24, 2.45) is 0 Å². The van der Waals surface area contributed by atoms with Crippen molar-refractivity contribution in [2.75, 3.05) is 25.2 Å². The van der Waals surface area contributed by atoms with Crippen LogP contribution in [0.15, 0.2) is 66.8 Å². The van der Waals surface area contributed by atoms with Crippen LogP contribution in [0, 0.1) is 6.92 Å². The molecule has 0 radical (unpaired) electrons. The molecule has 0 spiro atoms. The Morgan fingerprint density at radius 2 is 1.85 bits per heavy atom. The molecule has 1 aliphatic rings. The summed E-state index contributed by atoms with van der Waals surface area (Å²) >= 11 is 0.887. The van der Waals surface area contributed by atoms with Crippen molar-refractivity contribution in [2.45, 2.75) is 26.3 Å². The van der Waals surface area contributed by atoms with E-state index >= 15 is 0 Å². The van der Waals surface area contributed by atoms with Gasteiger partial charge in [-0.3, -0.25) is 14.5 Å². The number of ketones is 1. The number of anilines is 1. The minimum atomic E-state index is -1.12. The number of carbonyl (C=O) groups is 4. The van der Waals surface area contributed by atoms with E-state index in [9.17, 15) is 24.3 Å². The predicted octanol–water partition coefficient (Wildman–Crippen LogP) is 5.00. The maximum absolute atomic E-state index is 13.5. The maximum atomic E-state index is 13.5. The second-order valence-corrected chi connectivity index (χ2v) is 9.93. The Morgan fingerprint density at radius 1 is 1.12 bits per heavy atom. The van der Waals surface area contributed by atoms with Crippen LogP contribution >= 0.6 is 11.3 Å². The number of esters is 2. The number of aromatic nitrogens is 1. The van der Waals surface area contributed by atoms with E-state index in [1.54, 1.807) is 43.3 Å². The second-order valence-electron chi connectivity index (χ2n) is 8.96. The minimum Gasteiger partial charge on any atom is -0.507 e. The monoisotopic (exact) mass is 576 g/mol. The highest BCUT2D eigenvalue weighted by Crippen LogP contribution is 2.44. The highest BCUT2D eigenvalue weighted by Gasteiger charge is 2.48. The fraction of sp³-hybridized carbons (Fsp3) is 0.233. The van der Waals surface area contributed by atoms with Crippen LogP contribution < -0.4 is 9.64 Å². The first-order chi connectivity index (χ1) is 19.7. The van der Waals surface area contributed by atoms with Crippen LogP contribution in [0.5, 0.6) is 5.75 Å². The van der Waals surface area contributed by atoms with Crippen LogP contribution in [0.2, 0.25) is 0 Å². The Balaban J connectivity index is 1.87. The lowest BCUT2D eigenvalue weighted by atomic mass is 9.94. The number of benzene rings is 2. The van der Waals surface area contributed by atoms with Crippen LogP contribution in [-0.4, -0.2) is 54.0 Å². The standard InChI is InChI=1S/C30H28N2O8S/c1-5-14-39-21-9-7-8-20(16-21)24(33)22-23(18-10-12-19(13-11-18)28(36)38-4)32(27(35)25(22)34)30-31-17(3)26(41-30)29(37)40-15-6-2/h6-13,16,23,33H,2,5,14-15H2,1,3-4H3/b24-22+. The van der Waals surface area contributed by atoms with Gasteiger partial charge >= 0.3 is 17.8 Å². The summed E-state index contributed by atoms with van der Waals surface area (Å²) in [5, 5.41) is 11.5. The van der Waals surface area contributed by atoms with Crippen LogP contribution in [0.25, 0.3) is 5.76 Å². The topological polar surface area (TPSA) is 132 Å². The normalized spacial score (nSPS) is 16.0. The Labute approximate surface area is 240 Å². The van der Waals surface area contributed by atoms with Crippen LogP contribution in [0.1, 0.15) is 56.2 Å². The van der Waals surface area contributed by atoms with Crippen LogP contribution in [-0.2, 0) is 19.1 Å². The summed E-state index contributed by atoms with van der Waals surface area (Å²) in [4.78, 5) is 57.3. The molecule has 2 heterocycles. The molecule has 4 rings (SSSR count). The van der Waals surface area contributed by atoms with Crippen molar-refractivity contribution in [3.8, 4) is 5.75 Å². The number of thiazole rings is 1. The first-order valence-corrected chi connectivity index (χ1v) is 13.5. The van der Waals surface area contributed by atoms with Gasteiger partial charge in [0.2, 0.25) is 0 Å². The van der Waals surface area contributed by atoms with Crippen molar-refractivity contribution in [1.82, 2.24) is 4.98 Å². The van der Waals surface area contributed by atoms with Gasteiger partial charge in [-0.15, -0.1) is 0 Å². The second kappa shape index (κ2) is 12.6. The van der Waals surface area contributed by atoms with Gasteiger partial charge in [0, 0.05) is 5.56 Å². The highest BCUT2D eigenvalue weighted by atomic mass is 32.1. The van der Waals surface area contributed by atoms with Crippen molar-refractivity contribution >= 4 is 45.9 Å². The van der Waals surface area contributed by atoms with Gasteiger partial charge in [0.25, 0.3) is 5.78 Å². The molecule has 1 N–H and O–H groups in total. The molecule has 1 saturated heterocycles. The van der Waals surface area contributed by atoms with Crippen molar-refractivity contribution in [3.63, 3.8) is 0 Å².